The van der Waals surface area contributed by atoms with Crippen LogP contribution in [0.15, 0.2) is 48.5 Å². The number of para-hydroxylation sites is 2. The minimum Gasteiger partial charge on any atom is -0.462 e. The molecule has 2 amide bonds. The van der Waals surface area contributed by atoms with Crippen molar-refractivity contribution in [1.82, 2.24) is 10.6 Å². The van der Waals surface area contributed by atoms with Crippen molar-refractivity contribution >= 4 is 29.3 Å². The third-order valence-electron chi connectivity index (χ3n) is 4.04. The Hall–Kier alpha value is -3.75. The molecule has 0 radical (unpaired) electrons. The number of nitrogens with one attached hydrogen (secondary N) is 2. The van der Waals surface area contributed by atoms with Gasteiger partial charge in [0.15, 0.2) is 0 Å². The third-order valence-corrected chi connectivity index (χ3v) is 4.04. The van der Waals surface area contributed by atoms with Crippen molar-refractivity contribution in [3.8, 4) is 0 Å². The van der Waals surface area contributed by atoms with Gasteiger partial charge in [-0.1, -0.05) is 24.3 Å². The maximum absolute atomic E-state index is 11.9. The first-order valence-corrected chi connectivity index (χ1v) is 9.54. The van der Waals surface area contributed by atoms with Crippen LogP contribution in [0.5, 0.6) is 0 Å². The lowest BCUT2D eigenvalue weighted by molar-refractivity contribution is 0.0494. The maximum Gasteiger partial charge on any atom is 0.340 e. The summed E-state index contributed by atoms with van der Waals surface area (Å²) in [5, 5.41) is 5.30. The van der Waals surface area contributed by atoms with E-state index in [-0.39, 0.29) is 19.2 Å². The van der Waals surface area contributed by atoms with Crippen molar-refractivity contribution in [1.29, 1.82) is 0 Å². The number of carbonyl (C=O) groups is 3. The number of carbonyl (C=O) groups excluding carboxylic acids is 3. The quantitative estimate of drug-likeness (QED) is 0.264. The van der Waals surface area contributed by atoms with Crippen LogP contribution in [-0.4, -0.2) is 44.3 Å². The highest BCUT2D eigenvalue weighted by Crippen LogP contribution is 2.12. The maximum atomic E-state index is 11.9. The Morgan fingerprint density at radius 1 is 0.700 bits per heavy atom. The zero-order valence-electron chi connectivity index (χ0n) is 16.6. The lowest BCUT2D eigenvalue weighted by atomic mass is 10.2. The second kappa shape index (κ2) is 11.9. The molecular formula is C21H26N4O5. The number of hydrogen-bond donors (Lipinski definition) is 4. The number of hydrogen-bond acceptors (Lipinski definition) is 7. The van der Waals surface area contributed by atoms with Gasteiger partial charge in [-0.3, -0.25) is 0 Å². The standard InChI is InChI=1S/C21H26N4O5/c22-17-9-3-1-7-15(17)19(26)29-13-5-11-24-21(28)25-12-6-14-30-20(27)16-8-2-4-10-18(16)23/h1-4,7-10H,5-6,11-14,22-23H2,(H2,24,25,28). The Bertz CT molecular complexity index is 802. The fourth-order valence-corrected chi connectivity index (χ4v) is 2.46. The second-order valence-corrected chi connectivity index (χ2v) is 6.34. The van der Waals surface area contributed by atoms with Crippen LogP contribution >= 0.6 is 0 Å². The Labute approximate surface area is 174 Å². The topological polar surface area (TPSA) is 146 Å². The van der Waals surface area contributed by atoms with Gasteiger partial charge in [0.2, 0.25) is 0 Å². The van der Waals surface area contributed by atoms with E-state index in [1.54, 1.807) is 48.5 Å². The molecule has 9 nitrogen and oxygen atoms in total. The van der Waals surface area contributed by atoms with Crippen LogP contribution in [0.3, 0.4) is 0 Å². The molecule has 2 aromatic rings. The lowest BCUT2D eigenvalue weighted by Crippen LogP contribution is -2.37. The zero-order valence-corrected chi connectivity index (χ0v) is 16.6. The number of ether oxygens (including phenoxy) is 2. The summed E-state index contributed by atoms with van der Waals surface area (Å²) in [4.78, 5) is 35.5. The average Bonchev–Trinajstić information content (AvgIpc) is 2.73. The molecule has 0 aliphatic heterocycles. The monoisotopic (exact) mass is 414 g/mol. The van der Waals surface area contributed by atoms with E-state index in [0.717, 1.165) is 0 Å². The van der Waals surface area contributed by atoms with Gasteiger partial charge in [-0.15, -0.1) is 0 Å². The molecule has 0 aliphatic carbocycles. The molecule has 30 heavy (non-hydrogen) atoms. The first kappa shape index (κ1) is 22.5. The van der Waals surface area contributed by atoms with Gasteiger partial charge in [0.1, 0.15) is 0 Å². The summed E-state index contributed by atoms with van der Waals surface area (Å²) < 4.78 is 10.2. The largest absolute Gasteiger partial charge is 0.462 e. The fourth-order valence-electron chi connectivity index (χ4n) is 2.46. The second-order valence-electron chi connectivity index (χ2n) is 6.34. The number of nitrogen functional groups attached to an aromatic ring is 2. The molecule has 6 N–H and O–H groups in total. The van der Waals surface area contributed by atoms with Crippen molar-refractivity contribution in [3.05, 3.63) is 59.7 Å². The summed E-state index contributed by atoms with van der Waals surface area (Å²) in [6, 6.07) is 13.0. The molecule has 9 heteroatoms. The van der Waals surface area contributed by atoms with E-state index >= 15 is 0 Å². The molecule has 160 valence electrons. The molecule has 0 fully saturated rings. The highest BCUT2D eigenvalue weighted by atomic mass is 16.5. The van der Waals surface area contributed by atoms with Crippen LogP contribution in [0.25, 0.3) is 0 Å². The number of anilines is 2. The van der Waals surface area contributed by atoms with Gasteiger partial charge >= 0.3 is 18.0 Å². The van der Waals surface area contributed by atoms with Gasteiger partial charge in [-0.25, -0.2) is 14.4 Å². The van der Waals surface area contributed by atoms with Gasteiger partial charge in [-0.2, -0.15) is 0 Å². The molecule has 0 atom stereocenters. The predicted molar refractivity (Wildman–Crippen MR) is 113 cm³/mol. The average molecular weight is 414 g/mol. The number of nitrogens with two attached hydrogens (primary N) is 2. The molecule has 0 unspecified atom stereocenters. The van der Waals surface area contributed by atoms with Crippen molar-refractivity contribution in [2.45, 2.75) is 12.8 Å². The summed E-state index contributed by atoms with van der Waals surface area (Å²) in [5.41, 5.74) is 12.8. The molecule has 2 rings (SSSR count). The molecule has 0 saturated heterocycles. The first-order valence-electron chi connectivity index (χ1n) is 9.54. The normalized spacial score (nSPS) is 10.1. The number of rotatable bonds is 10. The van der Waals surface area contributed by atoms with Crippen LogP contribution in [0.2, 0.25) is 0 Å². The van der Waals surface area contributed by atoms with E-state index in [1.807, 2.05) is 0 Å². The van der Waals surface area contributed by atoms with Gasteiger partial charge < -0.3 is 31.6 Å². The number of amides is 2. The highest BCUT2D eigenvalue weighted by Gasteiger charge is 2.11. The van der Waals surface area contributed by atoms with Crippen molar-refractivity contribution in [2.24, 2.45) is 0 Å². The van der Waals surface area contributed by atoms with E-state index in [9.17, 15) is 14.4 Å². The van der Waals surface area contributed by atoms with E-state index < -0.39 is 11.9 Å². The van der Waals surface area contributed by atoms with Crippen LogP contribution < -0.4 is 22.1 Å². The molecule has 0 aromatic heterocycles. The van der Waals surface area contributed by atoms with Gasteiger partial charge in [0.25, 0.3) is 0 Å². The minimum absolute atomic E-state index is 0.159. The third kappa shape index (κ3) is 7.34. The Morgan fingerprint density at radius 2 is 1.10 bits per heavy atom. The van der Waals surface area contributed by atoms with Gasteiger partial charge in [0, 0.05) is 24.5 Å². The fraction of sp³-hybridized carbons (Fsp3) is 0.286. The molecular weight excluding hydrogens is 388 g/mol. The Kier molecular flexibility index (Phi) is 8.98. The number of benzene rings is 2. The van der Waals surface area contributed by atoms with Gasteiger partial charge in [-0.05, 0) is 37.1 Å². The molecule has 0 saturated carbocycles. The van der Waals surface area contributed by atoms with Crippen molar-refractivity contribution in [3.63, 3.8) is 0 Å². The minimum atomic E-state index is -0.496. The summed E-state index contributed by atoms with van der Waals surface area (Å²) in [6.07, 6.45) is 0.921. The van der Waals surface area contributed by atoms with E-state index in [0.29, 0.717) is 48.4 Å². The first-order chi connectivity index (χ1) is 14.5. The highest BCUT2D eigenvalue weighted by molar-refractivity contribution is 5.95. The smallest absolute Gasteiger partial charge is 0.340 e. The molecule has 0 heterocycles. The van der Waals surface area contributed by atoms with E-state index in [4.69, 9.17) is 20.9 Å². The van der Waals surface area contributed by atoms with E-state index in [2.05, 4.69) is 10.6 Å². The van der Waals surface area contributed by atoms with Crippen LogP contribution in [0, 0.1) is 0 Å². The molecule has 0 aliphatic rings. The van der Waals surface area contributed by atoms with Crippen LogP contribution in [0.4, 0.5) is 16.2 Å². The summed E-state index contributed by atoms with van der Waals surface area (Å²) in [5.74, 6) is -0.992. The van der Waals surface area contributed by atoms with Crippen LogP contribution in [-0.2, 0) is 9.47 Å². The van der Waals surface area contributed by atoms with Crippen LogP contribution in [0.1, 0.15) is 33.6 Å². The van der Waals surface area contributed by atoms with Gasteiger partial charge in [0.05, 0.1) is 24.3 Å². The SMILES string of the molecule is Nc1ccccc1C(=O)OCCCNC(=O)NCCCOC(=O)c1ccccc1N. The molecule has 0 bridgehead atoms. The zero-order chi connectivity index (χ0) is 21.8. The number of urea groups is 1. The molecule has 2 aromatic carbocycles. The summed E-state index contributed by atoms with van der Waals surface area (Å²) in [6.45, 7) is 0.995. The van der Waals surface area contributed by atoms with E-state index in [1.165, 1.54) is 0 Å². The predicted octanol–water partition coefficient (Wildman–Crippen LogP) is 1.94. The summed E-state index contributed by atoms with van der Waals surface area (Å²) >= 11 is 0. The van der Waals surface area contributed by atoms with Crippen molar-refractivity contribution < 1.29 is 23.9 Å². The Morgan fingerprint density at radius 3 is 1.50 bits per heavy atom. The lowest BCUT2D eigenvalue weighted by Gasteiger charge is -2.09. The Balaban J connectivity index is 1.50. The number of esters is 2. The molecule has 0 spiro atoms. The van der Waals surface area contributed by atoms with Crippen molar-refractivity contribution in [2.75, 3.05) is 37.8 Å². The summed E-state index contributed by atoms with van der Waals surface area (Å²) in [7, 11) is 0.